The molecule has 0 saturated carbocycles. The summed E-state index contributed by atoms with van der Waals surface area (Å²) >= 11 is 0. The second-order valence-corrected chi connectivity index (χ2v) is 9.19. The Morgan fingerprint density at radius 3 is 2.37 bits per heavy atom. The summed E-state index contributed by atoms with van der Waals surface area (Å²) in [6.45, 7) is 3.85. The van der Waals surface area contributed by atoms with Crippen molar-refractivity contribution in [3.8, 4) is 0 Å². The summed E-state index contributed by atoms with van der Waals surface area (Å²) in [5.41, 5.74) is 3.19. The predicted molar refractivity (Wildman–Crippen MR) is 128 cm³/mol. The first-order valence-electron chi connectivity index (χ1n) is 11.5. The molecule has 8 heteroatoms. The number of fused-ring (bicyclic) bond motifs is 3. The van der Waals surface area contributed by atoms with Gasteiger partial charge in [-0.1, -0.05) is 17.7 Å². The molecule has 3 aromatic carbocycles. The van der Waals surface area contributed by atoms with Gasteiger partial charge in [0.15, 0.2) is 0 Å². The monoisotopic (exact) mass is 483 g/mol. The predicted octanol–water partition coefficient (Wildman–Crippen LogP) is 5.66. The van der Waals surface area contributed by atoms with Crippen LogP contribution in [0.25, 0.3) is 0 Å². The van der Waals surface area contributed by atoms with Crippen molar-refractivity contribution < 1.29 is 22.4 Å². The zero-order valence-corrected chi connectivity index (χ0v) is 19.1. The van der Waals surface area contributed by atoms with Crippen LogP contribution in [0.1, 0.15) is 16.7 Å². The number of anilines is 3. The molecule has 1 N–H and O–H groups in total. The van der Waals surface area contributed by atoms with Crippen LogP contribution in [0.4, 0.5) is 34.6 Å². The van der Waals surface area contributed by atoms with Crippen molar-refractivity contribution in [2.45, 2.75) is 25.6 Å². The molecule has 182 valence electrons. The summed E-state index contributed by atoms with van der Waals surface area (Å²) in [7, 11) is 0. The number of nitrogens with one attached hydrogen (secondary N) is 1. The second-order valence-electron chi connectivity index (χ2n) is 9.19. The minimum Gasteiger partial charge on any atom is -0.368 e. The number of benzene rings is 3. The SMILES string of the molecule is Cc1ccc(N2CCN3c4ccc(C(F)(F)F)cc4CC(C(=O)Nc4ccc(F)cc4)C3C2)cc1. The Kier molecular flexibility index (Phi) is 5.91. The number of hydrogen-bond donors (Lipinski definition) is 1. The van der Waals surface area contributed by atoms with Gasteiger partial charge in [-0.05, 0) is 73.5 Å². The lowest BCUT2D eigenvalue weighted by atomic mass is 9.82. The third-order valence-electron chi connectivity index (χ3n) is 6.89. The van der Waals surface area contributed by atoms with Gasteiger partial charge >= 0.3 is 6.18 Å². The number of amides is 1. The van der Waals surface area contributed by atoms with Gasteiger partial charge in [0, 0.05) is 36.7 Å². The zero-order valence-electron chi connectivity index (χ0n) is 19.1. The molecule has 1 saturated heterocycles. The van der Waals surface area contributed by atoms with E-state index in [1.165, 1.54) is 30.3 Å². The van der Waals surface area contributed by atoms with E-state index in [0.717, 1.165) is 29.1 Å². The molecule has 0 aromatic heterocycles. The van der Waals surface area contributed by atoms with Crippen molar-refractivity contribution in [2.75, 3.05) is 34.8 Å². The van der Waals surface area contributed by atoms with Gasteiger partial charge in [-0.25, -0.2) is 4.39 Å². The van der Waals surface area contributed by atoms with Crippen LogP contribution in [0, 0.1) is 18.7 Å². The van der Waals surface area contributed by atoms with Crippen molar-refractivity contribution in [3.63, 3.8) is 0 Å². The van der Waals surface area contributed by atoms with E-state index in [-0.39, 0.29) is 18.4 Å². The zero-order chi connectivity index (χ0) is 24.7. The van der Waals surface area contributed by atoms with E-state index in [1.807, 2.05) is 31.2 Å². The Balaban J connectivity index is 1.48. The first-order chi connectivity index (χ1) is 16.7. The topological polar surface area (TPSA) is 35.6 Å². The molecule has 0 bridgehead atoms. The van der Waals surface area contributed by atoms with Gasteiger partial charge in [-0.3, -0.25) is 4.79 Å². The molecule has 3 aromatic rings. The maximum atomic E-state index is 13.4. The lowest BCUT2D eigenvalue weighted by Crippen LogP contribution is -2.60. The van der Waals surface area contributed by atoms with E-state index in [2.05, 4.69) is 15.1 Å². The summed E-state index contributed by atoms with van der Waals surface area (Å²) in [6.07, 6.45) is -4.27. The smallest absolute Gasteiger partial charge is 0.368 e. The van der Waals surface area contributed by atoms with E-state index >= 15 is 0 Å². The molecule has 4 nitrogen and oxygen atoms in total. The summed E-state index contributed by atoms with van der Waals surface area (Å²) < 4.78 is 53.5. The average molecular weight is 484 g/mol. The Labute approximate surface area is 201 Å². The van der Waals surface area contributed by atoms with Gasteiger partial charge in [-0.2, -0.15) is 13.2 Å². The van der Waals surface area contributed by atoms with Gasteiger partial charge in [0.05, 0.1) is 17.5 Å². The fourth-order valence-electron chi connectivity index (χ4n) is 5.06. The average Bonchev–Trinajstić information content (AvgIpc) is 2.84. The van der Waals surface area contributed by atoms with E-state index < -0.39 is 23.5 Å². The Morgan fingerprint density at radius 2 is 1.69 bits per heavy atom. The number of carbonyl (C=O) groups excluding carboxylic acids is 1. The first-order valence-corrected chi connectivity index (χ1v) is 11.5. The standard InChI is InChI=1S/C27H25F4N3O/c1-17-2-9-22(10-3-17)33-12-13-34-24-11-4-19(27(29,30)31)14-18(24)15-23(25(34)16-33)26(35)32-21-7-5-20(28)6-8-21/h2-11,14,23,25H,12-13,15-16H2,1H3,(H,32,35). The molecule has 0 aliphatic carbocycles. The van der Waals surface area contributed by atoms with Crippen LogP contribution in [-0.2, 0) is 17.4 Å². The number of hydrogen-bond acceptors (Lipinski definition) is 3. The number of alkyl halides is 3. The van der Waals surface area contributed by atoms with Gasteiger partial charge in [0.1, 0.15) is 5.82 Å². The largest absolute Gasteiger partial charge is 0.416 e. The van der Waals surface area contributed by atoms with Gasteiger partial charge in [0.25, 0.3) is 0 Å². The molecule has 2 unspecified atom stereocenters. The highest BCUT2D eigenvalue weighted by Gasteiger charge is 2.42. The third kappa shape index (κ3) is 4.70. The molecule has 1 fully saturated rings. The number of rotatable bonds is 3. The number of carbonyl (C=O) groups is 1. The van der Waals surface area contributed by atoms with Crippen LogP contribution in [0.2, 0.25) is 0 Å². The van der Waals surface area contributed by atoms with Crippen molar-refractivity contribution in [2.24, 2.45) is 5.92 Å². The summed E-state index contributed by atoms with van der Waals surface area (Å²) in [6, 6.07) is 17.2. The van der Waals surface area contributed by atoms with E-state index in [0.29, 0.717) is 30.9 Å². The molecule has 0 radical (unpaired) electrons. The van der Waals surface area contributed by atoms with Crippen LogP contribution in [-0.4, -0.2) is 31.6 Å². The van der Waals surface area contributed by atoms with Gasteiger partial charge < -0.3 is 15.1 Å². The summed E-state index contributed by atoms with van der Waals surface area (Å²) in [5.74, 6) is -1.29. The normalized spacial score (nSPS) is 19.7. The highest BCUT2D eigenvalue weighted by molar-refractivity contribution is 5.94. The third-order valence-corrected chi connectivity index (χ3v) is 6.89. The molecule has 5 rings (SSSR count). The maximum absolute atomic E-state index is 13.4. The number of aryl methyl sites for hydroxylation is 1. The van der Waals surface area contributed by atoms with Crippen molar-refractivity contribution in [1.29, 1.82) is 0 Å². The summed E-state index contributed by atoms with van der Waals surface area (Å²) in [4.78, 5) is 17.7. The number of halogens is 4. The lowest BCUT2D eigenvalue weighted by molar-refractivity contribution is -0.137. The highest BCUT2D eigenvalue weighted by Crippen LogP contribution is 2.40. The van der Waals surface area contributed by atoms with E-state index in [1.54, 1.807) is 0 Å². The molecule has 2 heterocycles. The van der Waals surface area contributed by atoms with Crippen LogP contribution >= 0.6 is 0 Å². The molecular weight excluding hydrogens is 458 g/mol. The van der Waals surface area contributed by atoms with Crippen LogP contribution < -0.4 is 15.1 Å². The molecule has 2 aliphatic heterocycles. The Morgan fingerprint density at radius 1 is 0.971 bits per heavy atom. The lowest BCUT2D eigenvalue weighted by Gasteiger charge is -2.49. The molecule has 2 aliphatic rings. The Hall–Kier alpha value is -3.55. The van der Waals surface area contributed by atoms with Crippen LogP contribution in [0.15, 0.2) is 66.7 Å². The van der Waals surface area contributed by atoms with Crippen LogP contribution in [0.5, 0.6) is 0 Å². The van der Waals surface area contributed by atoms with Gasteiger partial charge in [0.2, 0.25) is 5.91 Å². The Bertz CT molecular complexity index is 1220. The molecule has 2 atom stereocenters. The van der Waals surface area contributed by atoms with E-state index in [9.17, 15) is 22.4 Å². The second kappa shape index (κ2) is 8.91. The van der Waals surface area contributed by atoms with Crippen molar-refractivity contribution >= 4 is 23.0 Å². The number of piperazine rings is 1. The fraction of sp³-hybridized carbons (Fsp3) is 0.296. The molecular formula is C27H25F4N3O. The van der Waals surface area contributed by atoms with E-state index in [4.69, 9.17) is 0 Å². The van der Waals surface area contributed by atoms with Crippen LogP contribution in [0.3, 0.4) is 0 Å². The summed E-state index contributed by atoms with van der Waals surface area (Å²) in [5, 5.41) is 2.84. The minimum absolute atomic E-state index is 0.190. The minimum atomic E-state index is -4.46. The first kappa shape index (κ1) is 23.2. The van der Waals surface area contributed by atoms with Crippen molar-refractivity contribution in [1.82, 2.24) is 0 Å². The maximum Gasteiger partial charge on any atom is 0.416 e. The molecule has 1 amide bonds. The van der Waals surface area contributed by atoms with Gasteiger partial charge in [-0.15, -0.1) is 0 Å². The quantitative estimate of drug-likeness (QED) is 0.489. The fourth-order valence-corrected chi connectivity index (χ4v) is 5.06. The van der Waals surface area contributed by atoms with Crippen molar-refractivity contribution in [3.05, 3.63) is 89.2 Å². The molecule has 0 spiro atoms. The number of nitrogens with zero attached hydrogens (tertiary/aromatic N) is 2. The molecule has 35 heavy (non-hydrogen) atoms. The highest BCUT2D eigenvalue weighted by atomic mass is 19.4.